The molecule has 1 fully saturated rings. The van der Waals surface area contributed by atoms with Crippen LogP contribution >= 0.6 is 0 Å². The molecule has 3 aromatic carbocycles. The minimum atomic E-state index is -0.410. The van der Waals surface area contributed by atoms with Crippen LogP contribution in [0.15, 0.2) is 65.1 Å². The van der Waals surface area contributed by atoms with Crippen LogP contribution in [0.1, 0.15) is 30.3 Å². The summed E-state index contributed by atoms with van der Waals surface area (Å²) in [6.07, 6.45) is 1.55. The summed E-state index contributed by atoms with van der Waals surface area (Å²) in [7, 11) is 0. The molecular formula is C25H21F2N3O2. The van der Waals surface area contributed by atoms with Gasteiger partial charge in [0.1, 0.15) is 23.2 Å². The second kappa shape index (κ2) is 8.07. The van der Waals surface area contributed by atoms with Gasteiger partial charge in [-0.1, -0.05) is 18.2 Å². The van der Waals surface area contributed by atoms with Crippen LogP contribution in [0.3, 0.4) is 0 Å². The lowest BCUT2D eigenvalue weighted by Crippen LogP contribution is -2.34. The number of aromatic nitrogens is 1. The van der Waals surface area contributed by atoms with Gasteiger partial charge in [0, 0.05) is 12.2 Å². The fourth-order valence-electron chi connectivity index (χ4n) is 4.12. The standard InChI is InChI=1S/C25H21F2N3O2/c1-15-12-16(7-9-20(15)27)17-8-10-23-21(13-17)29-24(32-23)22-6-3-11-30(22)25(31)28-19-5-2-4-18(26)14-19/h2,4-5,7-10,12-14,22H,3,6,11H2,1H3,(H,28,31)/t22-/m1/s1. The van der Waals surface area contributed by atoms with Gasteiger partial charge in [-0.3, -0.25) is 0 Å². The number of benzene rings is 3. The highest BCUT2D eigenvalue weighted by Gasteiger charge is 2.33. The molecule has 0 radical (unpaired) electrons. The zero-order valence-electron chi connectivity index (χ0n) is 17.4. The first-order valence-corrected chi connectivity index (χ1v) is 10.5. The number of likely N-dealkylation sites (tertiary alicyclic amines) is 1. The molecule has 5 nitrogen and oxygen atoms in total. The van der Waals surface area contributed by atoms with Crippen molar-refractivity contribution in [1.82, 2.24) is 9.88 Å². The average Bonchev–Trinajstić information content (AvgIpc) is 3.42. The monoisotopic (exact) mass is 433 g/mol. The molecule has 1 aliphatic heterocycles. The lowest BCUT2D eigenvalue weighted by molar-refractivity contribution is 0.199. The molecule has 0 aliphatic carbocycles. The van der Waals surface area contributed by atoms with Gasteiger partial charge in [-0.2, -0.15) is 0 Å². The minimum Gasteiger partial charge on any atom is -0.438 e. The van der Waals surface area contributed by atoms with E-state index in [2.05, 4.69) is 10.3 Å². The molecule has 4 aromatic rings. The van der Waals surface area contributed by atoms with E-state index in [1.165, 1.54) is 18.2 Å². The number of nitrogens with zero attached hydrogens (tertiary/aromatic N) is 2. The van der Waals surface area contributed by atoms with Crippen LogP contribution in [0.2, 0.25) is 0 Å². The largest absolute Gasteiger partial charge is 0.438 e. The molecule has 2 amide bonds. The fraction of sp³-hybridized carbons (Fsp3) is 0.200. The predicted molar refractivity (Wildman–Crippen MR) is 118 cm³/mol. The molecule has 0 saturated carbocycles. The molecule has 5 rings (SSSR count). The van der Waals surface area contributed by atoms with E-state index in [-0.39, 0.29) is 17.9 Å². The van der Waals surface area contributed by atoms with E-state index in [4.69, 9.17) is 4.42 Å². The molecular weight excluding hydrogens is 412 g/mol. The Bertz CT molecular complexity index is 1320. The summed E-state index contributed by atoms with van der Waals surface area (Å²) < 4.78 is 33.0. The van der Waals surface area contributed by atoms with Gasteiger partial charge in [0.15, 0.2) is 5.58 Å². The molecule has 1 atom stereocenters. The lowest BCUT2D eigenvalue weighted by atomic mass is 10.0. The quantitative estimate of drug-likeness (QED) is 0.404. The second-order valence-corrected chi connectivity index (χ2v) is 7.99. The number of hydrogen-bond donors (Lipinski definition) is 1. The Morgan fingerprint density at radius 2 is 1.91 bits per heavy atom. The Morgan fingerprint density at radius 1 is 1.09 bits per heavy atom. The topological polar surface area (TPSA) is 58.4 Å². The Kier molecular flexibility index (Phi) is 5.09. The van der Waals surface area contributed by atoms with Crippen LogP contribution in [0.25, 0.3) is 22.2 Å². The molecule has 2 heterocycles. The first-order valence-electron chi connectivity index (χ1n) is 10.5. The maximum atomic E-state index is 13.6. The number of rotatable bonds is 3. The molecule has 0 bridgehead atoms. The smallest absolute Gasteiger partial charge is 0.322 e. The van der Waals surface area contributed by atoms with Gasteiger partial charge in [0.05, 0.1) is 0 Å². The molecule has 7 heteroatoms. The molecule has 1 N–H and O–H groups in total. The zero-order valence-corrected chi connectivity index (χ0v) is 17.4. The highest BCUT2D eigenvalue weighted by atomic mass is 19.1. The van der Waals surface area contributed by atoms with Gasteiger partial charge in [0.2, 0.25) is 5.89 Å². The van der Waals surface area contributed by atoms with Gasteiger partial charge >= 0.3 is 6.03 Å². The number of fused-ring (bicyclic) bond motifs is 1. The second-order valence-electron chi connectivity index (χ2n) is 7.99. The molecule has 1 aliphatic rings. The van der Waals surface area contributed by atoms with Gasteiger partial charge in [-0.05, 0) is 78.9 Å². The van der Waals surface area contributed by atoms with Crippen LogP contribution in [-0.4, -0.2) is 22.5 Å². The van der Waals surface area contributed by atoms with E-state index < -0.39 is 5.82 Å². The van der Waals surface area contributed by atoms with Crippen molar-refractivity contribution >= 4 is 22.8 Å². The van der Waals surface area contributed by atoms with E-state index in [0.29, 0.717) is 34.8 Å². The van der Waals surface area contributed by atoms with Gasteiger partial charge < -0.3 is 14.6 Å². The van der Waals surface area contributed by atoms with Crippen molar-refractivity contribution in [1.29, 1.82) is 0 Å². The number of halogens is 2. The summed E-state index contributed by atoms with van der Waals surface area (Å²) in [6.45, 7) is 2.29. The normalized spacial score (nSPS) is 16.0. The maximum absolute atomic E-state index is 13.6. The molecule has 0 spiro atoms. The van der Waals surface area contributed by atoms with E-state index >= 15 is 0 Å². The van der Waals surface area contributed by atoms with Crippen molar-refractivity contribution in [3.05, 3.63) is 83.8 Å². The van der Waals surface area contributed by atoms with Crippen LogP contribution in [-0.2, 0) is 0 Å². The molecule has 162 valence electrons. The third kappa shape index (κ3) is 3.82. The summed E-state index contributed by atoms with van der Waals surface area (Å²) in [6, 6.07) is 15.8. The van der Waals surface area contributed by atoms with Crippen molar-refractivity contribution in [2.24, 2.45) is 0 Å². The highest BCUT2D eigenvalue weighted by molar-refractivity contribution is 5.90. The molecule has 1 aromatic heterocycles. The summed E-state index contributed by atoms with van der Waals surface area (Å²) in [5.74, 6) is -0.178. The number of carbonyl (C=O) groups is 1. The van der Waals surface area contributed by atoms with Crippen LogP contribution < -0.4 is 5.32 Å². The summed E-state index contributed by atoms with van der Waals surface area (Å²) in [5, 5.41) is 2.75. The average molecular weight is 433 g/mol. The van der Waals surface area contributed by atoms with E-state index in [1.54, 1.807) is 36.1 Å². The first-order chi connectivity index (χ1) is 15.5. The number of oxazole rings is 1. The van der Waals surface area contributed by atoms with Crippen molar-refractivity contribution in [3.8, 4) is 11.1 Å². The Labute approximate surface area is 183 Å². The lowest BCUT2D eigenvalue weighted by Gasteiger charge is -2.22. The van der Waals surface area contributed by atoms with Crippen LogP contribution in [0.4, 0.5) is 19.3 Å². The zero-order chi connectivity index (χ0) is 22.2. The minimum absolute atomic E-state index is 0.239. The Hall–Kier alpha value is -3.74. The van der Waals surface area contributed by atoms with E-state index in [9.17, 15) is 13.6 Å². The predicted octanol–water partition coefficient (Wildman–Crippen LogP) is 6.45. The van der Waals surface area contributed by atoms with Crippen molar-refractivity contribution in [3.63, 3.8) is 0 Å². The Morgan fingerprint density at radius 3 is 2.72 bits per heavy atom. The highest BCUT2D eigenvalue weighted by Crippen LogP contribution is 2.35. The van der Waals surface area contributed by atoms with Crippen molar-refractivity contribution in [2.75, 3.05) is 11.9 Å². The number of nitrogens with one attached hydrogen (secondary N) is 1. The van der Waals surface area contributed by atoms with Gasteiger partial charge in [-0.25, -0.2) is 18.6 Å². The molecule has 0 unspecified atom stereocenters. The molecule has 1 saturated heterocycles. The van der Waals surface area contributed by atoms with Crippen molar-refractivity contribution < 1.29 is 18.0 Å². The number of aryl methyl sites for hydroxylation is 1. The summed E-state index contributed by atoms with van der Waals surface area (Å²) in [5.41, 5.74) is 4.09. The van der Waals surface area contributed by atoms with Crippen LogP contribution in [0, 0.1) is 18.6 Å². The number of carbonyl (C=O) groups excluding carboxylic acids is 1. The van der Waals surface area contributed by atoms with E-state index in [1.807, 2.05) is 18.2 Å². The van der Waals surface area contributed by atoms with E-state index in [0.717, 1.165) is 24.0 Å². The first kappa shape index (κ1) is 20.2. The number of urea groups is 1. The number of anilines is 1. The molecule has 32 heavy (non-hydrogen) atoms. The van der Waals surface area contributed by atoms with Crippen LogP contribution in [0.5, 0.6) is 0 Å². The third-order valence-electron chi connectivity index (χ3n) is 5.77. The van der Waals surface area contributed by atoms with Gasteiger partial charge in [-0.15, -0.1) is 0 Å². The SMILES string of the molecule is Cc1cc(-c2ccc3oc([C@H]4CCCN4C(=O)Nc4cccc(F)c4)nc3c2)ccc1F. The number of amides is 2. The van der Waals surface area contributed by atoms with Gasteiger partial charge in [0.25, 0.3) is 0 Å². The number of hydrogen-bond acceptors (Lipinski definition) is 3. The summed E-state index contributed by atoms with van der Waals surface area (Å²) >= 11 is 0. The third-order valence-corrected chi connectivity index (χ3v) is 5.77. The van der Waals surface area contributed by atoms with Crippen molar-refractivity contribution in [2.45, 2.75) is 25.8 Å². The Balaban J connectivity index is 1.40. The maximum Gasteiger partial charge on any atom is 0.322 e. The fourth-order valence-corrected chi connectivity index (χ4v) is 4.12. The summed E-state index contributed by atoms with van der Waals surface area (Å²) in [4.78, 5) is 19.1.